The molecule has 0 unspecified atom stereocenters. The van der Waals surface area contributed by atoms with Crippen molar-refractivity contribution in [3.05, 3.63) is 72.3 Å². The van der Waals surface area contributed by atoms with Crippen LogP contribution < -0.4 is 5.32 Å². The first-order valence-corrected chi connectivity index (χ1v) is 17.0. The Bertz CT molecular complexity index is 944. The molecule has 7 heteroatoms. The average molecular weight is 574 g/mol. The Balaban J connectivity index is 1.64. The molecule has 0 aliphatic carbocycles. The van der Waals surface area contributed by atoms with E-state index in [1.807, 2.05) is 42.5 Å². The maximum absolute atomic E-state index is 12.6. The second-order valence-corrected chi connectivity index (χ2v) is 12.2. The summed E-state index contributed by atoms with van der Waals surface area (Å²) in [5.41, 5.74) is 3.20. The summed E-state index contributed by atoms with van der Waals surface area (Å²) >= 11 is 0. The van der Waals surface area contributed by atoms with Gasteiger partial charge in [0.1, 0.15) is 0 Å². The van der Waals surface area contributed by atoms with E-state index in [4.69, 9.17) is 4.52 Å². The topological polar surface area (TPSA) is 99.0 Å². The second kappa shape index (κ2) is 20.7. The van der Waals surface area contributed by atoms with Crippen molar-refractivity contribution in [1.82, 2.24) is 5.32 Å². The molecule has 2 rings (SSSR count). The summed E-state index contributed by atoms with van der Waals surface area (Å²) in [5.74, 6) is -0.0896. The van der Waals surface area contributed by atoms with Gasteiger partial charge in [-0.3, -0.25) is 0 Å². The predicted octanol–water partition coefficient (Wildman–Crippen LogP) is 7.82. The van der Waals surface area contributed by atoms with Crippen molar-refractivity contribution < 1.29 is 24.0 Å². The van der Waals surface area contributed by atoms with E-state index in [1.165, 1.54) is 57.8 Å². The van der Waals surface area contributed by atoms with Crippen LogP contribution in [0.15, 0.2) is 66.7 Å². The van der Waals surface area contributed by atoms with Gasteiger partial charge in [0.05, 0.1) is 0 Å². The van der Waals surface area contributed by atoms with Crippen molar-refractivity contribution in [3.63, 3.8) is 0 Å². The third-order valence-electron chi connectivity index (χ3n) is 7.05. The summed E-state index contributed by atoms with van der Waals surface area (Å²) in [7, 11) is -4.66. The third-order valence-corrected chi connectivity index (χ3v) is 7.61. The van der Waals surface area contributed by atoms with Crippen LogP contribution in [0.25, 0.3) is 11.1 Å². The molecule has 0 aliphatic heterocycles. The van der Waals surface area contributed by atoms with E-state index in [0.717, 1.165) is 42.4 Å². The van der Waals surface area contributed by atoms with Crippen molar-refractivity contribution in [3.8, 4) is 11.1 Å². The van der Waals surface area contributed by atoms with Crippen LogP contribution in [0.5, 0.6) is 0 Å². The van der Waals surface area contributed by atoms with E-state index >= 15 is 0 Å². The molecular weight excluding hydrogens is 521 g/mol. The molecule has 6 nitrogen and oxygen atoms in total. The van der Waals surface area contributed by atoms with Crippen molar-refractivity contribution >= 4 is 14.1 Å². The molecular formula is C33H52NO5P. The molecule has 0 aromatic heterocycles. The van der Waals surface area contributed by atoms with Crippen LogP contribution in [0.3, 0.4) is 0 Å². The van der Waals surface area contributed by atoms with Crippen molar-refractivity contribution in [2.45, 2.75) is 109 Å². The molecule has 0 saturated heterocycles. The van der Waals surface area contributed by atoms with Gasteiger partial charge in [-0.2, -0.15) is 0 Å². The number of unbranched alkanes of at least 4 members (excludes halogenated alkanes) is 11. The minimum atomic E-state index is -4.66. The normalized spacial score (nSPS) is 13.0. The zero-order valence-electron chi connectivity index (χ0n) is 24.4. The Hall–Kier alpha value is -2.08. The summed E-state index contributed by atoms with van der Waals surface area (Å²) in [4.78, 5) is 40.5. The Morgan fingerprint density at radius 1 is 0.775 bits per heavy atom. The molecule has 0 radical (unpaired) electrons. The van der Waals surface area contributed by atoms with Gasteiger partial charge in [0, 0.05) is 0 Å². The number of amides is 1. The van der Waals surface area contributed by atoms with Crippen LogP contribution in [0.4, 0.5) is 0 Å². The molecule has 2 aromatic rings. The van der Waals surface area contributed by atoms with Crippen molar-refractivity contribution in [1.29, 1.82) is 0 Å². The molecule has 0 fully saturated rings. The molecule has 0 spiro atoms. The predicted molar refractivity (Wildman–Crippen MR) is 168 cm³/mol. The van der Waals surface area contributed by atoms with E-state index in [9.17, 15) is 19.5 Å². The first-order valence-electron chi connectivity index (χ1n) is 15.3. The van der Waals surface area contributed by atoms with Gasteiger partial charge in [-0.25, -0.2) is 0 Å². The molecule has 0 aliphatic rings. The fraction of sp³-hybridized carbons (Fsp3) is 0.545. The van der Waals surface area contributed by atoms with Crippen LogP contribution in [0, 0.1) is 0 Å². The zero-order chi connectivity index (χ0) is 28.9. The van der Waals surface area contributed by atoms with Crippen LogP contribution in [-0.2, 0) is 15.7 Å². The van der Waals surface area contributed by atoms with Gasteiger partial charge in [-0.15, -0.1) is 0 Å². The average Bonchev–Trinajstić information content (AvgIpc) is 2.94. The number of carbonyl (C=O) groups is 1. The monoisotopic (exact) mass is 573 g/mol. The van der Waals surface area contributed by atoms with Gasteiger partial charge >= 0.3 is 179 Å². The minimum absolute atomic E-state index is 0.0896. The molecule has 2 aromatic carbocycles. The summed E-state index contributed by atoms with van der Waals surface area (Å²) in [6.45, 7) is 2.08. The molecule has 4 N–H and O–H groups in total. The Labute approximate surface area is 242 Å². The van der Waals surface area contributed by atoms with Gasteiger partial charge in [0.15, 0.2) is 0 Å². The Morgan fingerprint density at radius 3 is 1.93 bits per heavy atom. The third kappa shape index (κ3) is 16.9. The van der Waals surface area contributed by atoms with Crippen LogP contribution in [0.2, 0.25) is 0 Å². The molecule has 0 saturated carbocycles. The fourth-order valence-corrected chi connectivity index (χ4v) is 5.19. The van der Waals surface area contributed by atoms with E-state index in [1.54, 1.807) is 0 Å². The molecule has 40 heavy (non-hydrogen) atoms. The number of allylic oxidation sites excluding steroid dienone is 2. The summed E-state index contributed by atoms with van der Waals surface area (Å²) < 4.78 is 4.87. The molecule has 1 atom stereocenters. The number of hydrogen-bond acceptors (Lipinski definition) is 5. The Kier molecular flexibility index (Phi) is 17.7. The summed E-state index contributed by atoms with van der Waals surface area (Å²) in [5, 5.41) is 2.95. The van der Waals surface area contributed by atoms with Gasteiger partial charge in [-0.05, 0) is 12.8 Å². The van der Waals surface area contributed by atoms with Gasteiger partial charge in [0.25, 0.3) is 0 Å². The second-order valence-electron chi connectivity index (χ2n) is 10.8. The quantitative estimate of drug-likeness (QED) is 0.0654. The van der Waals surface area contributed by atoms with E-state index < -0.39 is 14.2 Å². The summed E-state index contributed by atoms with van der Waals surface area (Å²) in [6.07, 6.45) is 21.2. The number of rotatable bonds is 22. The number of nitrogens with one attached hydrogen (secondary N) is 1. The van der Waals surface area contributed by atoms with E-state index in [2.05, 4.69) is 36.5 Å². The zero-order valence-corrected chi connectivity index (χ0v) is 25.4. The molecule has 0 heterocycles. The van der Waals surface area contributed by atoms with Crippen LogP contribution >= 0.6 is 8.17 Å². The van der Waals surface area contributed by atoms with E-state index in [0.29, 0.717) is 12.8 Å². The molecule has 1 amide bonds. The standard InChI is InChI=1S/C33H52NO5P/c1-2-3-4-5-6-7-8-9-10-11-12-13-14-15-19-22-33(35)34-32(28-39-40(36,37)38)27-29-23-25-31(26-24-29)30-20-17-16-18-21-30/h9-10,16-18,20-21,23-26,32,36-38,40H,2-8,11-15,19,22,27-28H2,1H3,(H,34,35)/b10-9-/t32-/m1/s1. The molecule has 224 valence electrons. The van der Waals surface area contributed by atoms with Crippen LogP contribution in [-0.4, -0.2) is 33.2 Å². The maximum atomic E-state index is 12.6. The first kappa shape index (κ1) is 34.1. The Morgan fingerprint density at radius 2 is 1.32 bits per heavy atom. The first-order chi connectivity index (χ1) is 19.4. The van der Waals surface area contributed by atoms with Gasteiger partial charge in [-0.1, -0.05) is 51.2 Å². The van der Waals surface area contributed by atoms with Gasteiger partial charge in [0.2, 0.25) is 0 Å². The van der Waals surface area contributed by atoms with Crippen molar-refractivity contribution in [2.24, 2.45) is 0 Å². The van der Waals surface area contributed by atoms with Crippen molar-refractivity contribution in [2.75, 3.05) is 6.61 Å². The number of benzene rings is 2. The fourth-order valence-electron chi connectivity index (χ4n) is 4.77. The number of carbonyl (C=O) groups excluding carboxylic acids is 1. The van der Waals surface area contributed by atoms with E-state index in [-0.39, 0.29) is 12.5 Å². The number of hydrogen-bond donors (Lipinski definition) is 4. The molecule has 0 bridgehead atoms. The van der Waals surface area contributed by atoms with Gasteiger partial charge < -0.3 is 0 Å². The van der Waals surface area contributed by atoms with Crippen LogP contribution in [0.1, 0.15) is 102 Å². The summed E-state index contributed by atoms with van der Waals surface area (Å²) in [6, 6.07) is 17.6. The SMILES string of the molecule is CCCCCCCC/C=C\CCCCCCCC(=O)N[C@@H](CO[PH](O)(O)O)Cc1ccc(-c2ccccc2)cc1.